The molecule has 9 nitrogen and oxygen atoms in total. The molecular weight excluding hydrogens is 358 g/mol. The first kappa shape index (κ1) is 20.0. The first-order valence-corrected chi connectivity index (χ1v) is 9.53. The zero-order chi connectivity index (χ0) is 19.9. The van der Waals surface area contributed by atoms with Gasteiger partial charge in [-0.2, -0.15) is 0 Å². The number of benzene rings is 1. The lowest BCUT2D eigenvalue weighted by atomic mass is 10.1. The van der Waals surface area contributed by atoms with Gasteiger partial charge in [0.1, 0.15) is 6.04 Å². The predicted octanol–water partition coefficient (Wildman–Crippen LogP) is -0.121. The van der Waals surface area contributed by atoms with Crippen molar-refractivity contribution in [3.63, 3.8) is 0 Å². The Bertz CT molecular complexity index is 768. The van der Waals surface area contributed by atoms with E-state index in [1.165, 1.54) is 0 Å². The minimum absolute atomic E-state index is 0.0332. The summed E-state index contributed by atoms with van der Waals surface area (Å²) in [5.41, 5.74) is 6.92. The van der Waals surface area contributed by atoms with Gasteiger partial charge in [-0.15, -0.1) is 5.10 Å². The second-order valence-corrected chi connectivity index (χ2v) is 6.98. The fourth-order valence-electron chi connectivity index (χ4n) is 3.18. The molecule has 0 spiro atoms. The standard InChI is InChI=1S/C19H27N7O2/c1-24-11-13-25(14-12-24)19(28)17(3-2-8-20)22-18(27)15-4-6-16(7-5-15)26-10-9-21-23-26/h4-7,9-10,17H,2-3,8,11-14,20H2,1H3,(H,22,27)/t17-/m0/s1. The van der Waals surface area contributed by atoms with E-state index in [4.69, 9.17) is 5.73 Å². The molecule has 0 aliphatic carbocycles. The van der Waals surface area contributed by atoms with Gasteiger partial charge >= 0.3 is 0 Å². The fourth-order valence-corrected chi connectivity index (χ4v) is 3.18. The van der Waals surface area contributed by atoms with Gasteiger partial charge in [0.25, 0.3) is 5.91 Å². The van der Waals surface area contributed by atoms with Crippen molar-refractivity contribution in [2.75, 3.05) is 39.8 Å². The molecule has 1 aromatic carbocycles. The summed E-state index contributed by atoms with van der Waals surface area (Å²) in [5, 5.41) is 10.6. The third-order valence-electron chi connectivity index (χ3n) is 4.93. The van der Waals surface area contributed by atoms with Crippen molar-refractivity contribution >= 4 is 11.8 Å². The highest BCUT2D eigenvalue weighted by Crippen LogP contribution is 2.11. The molecule has 9 heteroatoms. The number of aromatic nitrogens is 3. The number of hydrogen-bond donors (Lipinski definition) is 2. The number of carbonyl (C=O) groups is 2. The Balaban J connectivity index is 1.66. The van der Waals surface area contributed by atoms with E-state index >= 15 is 0 Å². The number of likely N-dealkylation sites (N-methyl/N-ethyl adjacent to an activating group) is 1. The van der Waals surface area contributed by atoms with Crippen molar-refractivity contribution < 1.29 is 9.59 Å². The number of carbonyl (C=O) groups excluding carboxylic acids is 2. The quantitative estimate of drug-likeness (QED) is 0.688. The van der Waals surface area contributed by atoms with Gasteiger partial charge in [-0.3, -0.25) is 9.59 Å². The van der Waals surface area contributed by atoms with Gasteiger partial charge in [0.15, 0.2) is 0 Å². The van der Waals surface area contributed by atoms with Crippen LogP contribution in [0.15, 0.2) is 36.7 Å². The van der Waals surface area contributed by atoms with E-state index in [-0.39, 0.29) is 11.8 Å². The van der Waals surface area contributed by atoms with Gasteiger partial charge in [-0.25, -0.2) is 4.68 Å². The van der Waals surface area contributed by atoms with Crippen LogP contribution >= 0.6 is 0 Å². The Labute approximate surface area is 164 Å². The number of rotatable bonds is 7. The molecule has 3 N–H and O–H groups in total. The SMILES string of the molecule is CN1CCN(C(=O)[C@H](CCCN)NC(=O)c2ccc(-n3ccnn3)cc2)CC1. The summed E-state index contributed by atoms with van der Waals surface area (Å²) in [6.45, 7) is 3.52. The number of piperazine rings is 1. The molecule has 2 aromatic rings. The molecule has 0 bridgehead atoms. The average Bonchev–Trinajstić information content (AvgIpc) is 3.26. The van der Waals surface area contributed by atoms with Crippen LogP contribution in [-0.4, -0.2) is 82.4 Å². The van der Waals surface area contributed by atoms with Gasteiger partial charge in [0.2, 0.25) is 5.91 Å². The maximum Gasteiger partial charge on any atom is 0.251 e. The lowest BCUT2D eigenvalue weighted by Crippen LogP contribution is -2.54. The summed E-state index contributed by atoms with van der Waals surface area (Å²) < 4.78 is 1.61. The van der Waals surface area contributed by atoms with Crippen LogP contribution in [0.4, 0.5) is 0 Å². The number of nitrogens with two attached hydrogens (primary N) is 1. The number of nitrogens with one attached hydrogen (secondary N) is 1. The number of hydrogen-bond acceptors (Lipinski definition) is 6. The lowest BCUT2D eigenvalue weighted by Gasteiger charge is -2.34. The molecule has 150 valence electrons. The molecule has 1 aromatic heterocycles. The Morgan fingerprint density at radius 1 is 1.18 bits per heavy atom. The van der Waals surface area contributed by atoms with Crippen LogP contribution in [0.3, 0.4) is 0 Å². The summed E-state index contributed by atoms with van der Waals surface area (Å²) in [6.07, 6.45) is 4.53. The normalized spacial score (nSPS) is 16.0. The summed E-state index contributed by atoms with van der Waals surface area (Å²) >= 11 is 0. The van der Waals surface area contributed by atoms with Gasteiger partial charge in [-0.05, 0) is 50.7 Å². The molecule has 1 fully saturated rings. The highest BCUT2D eigenvalue weighted by molar-refractivity contribution is 5.97. The van der Waals surface area contributed by atoms with Crippen molar-refractivity contribution in [2.45, 2.75) is 18.9 Å². The summed E-state index contributed by atoms with van der Waals surface area (Å²) in [6, 6.07) is 6.45. The summed E-state index contributed by atoms with van der Waals surface area (Å²) in [7, 11) is 2.04. The first-order chi connectivity index (χ1) is 13.6. The van der Waals surface area contributed by atoms with Crippen LogP contribution in [-0.2, 0) is 4.79 Å². The zero-order valence-electron chi connectivity index (χ0n) is 16.1. The Kier molecular flexibility index (Phi) is 6.72. The van der Waals surface area contributed by atoms with Crippen molar-refractivity contribution in [1.82, 2.24) is 30.1 Å². The maximum absolute atomic E-state index is 12.9. The third-order valence-corrected chi connectivity index (χ3v) is 4.93. The van der Waals surface area contributed by atoms with Crippen LogP contribution in [0, 0.1) is 0 Å². The fraction of sp³-hybridized carbons (Fsp3) is 0.474. The largest absolute Gasteiger partial charge is 0.340 e. The van der Waals surface area contributed by atoms with E-state index in [9.17, 15) is 9.59 Å². The van der Waals surface area contributed by atoms with Gasteiger partial charge in [0.05, 0.1) is 18.1 Å². The molecule has 0 unspecified atom stereocenters. The third kappa shape index (κ3) is 4.93. The minimum Gasteiger partial charge on any atom is -0.340 e. The Morgan fingerprint density at radius 3 is 2.50 bits per heavy atom. The summed E-state index contributed by atoms with van der Waals surface area (Å²) in [5.74, 6) is -0.302. The van der Waals surface area contributed by atoms with E-state index in [1.54, 1.807) is 41.3 Å². The second-order valence-electron chi connectivity index (χ2n) is 6.98. The molecule has 0 radical (unpaired) electrons. The van der Waals surface area contributed by atoms with E-state index in [1.807, 2.05) is 11.9 Å². The maximum atomic E-state index is 12.9. The minimum atomic E-state index is -0.561. The smallest absolute Gasteiger partial charge is 0.251 e. The molecule has 3 rings (SSSR count). The highest BCUT2D eigenvalue weighted by atomic mass is 16.2. The molecule has 1 aliphatic heterocycles. The number of nitrogens with zero attached hydrogens (tertiary/aromatic N) is 5. The Hall–Kier alpha value is -2.78. The van der Waals surface area contributed by atoms with Crippen LogP contribution in [0.25, 0.3) is 5.69 Å². The molecule has 1 atom stereocenters. The number of amides is 2. The van der Waals surface area contributed by atoms with Crippen molar-refractivity contribution in [1.29, 1.82) is 0 Å². The molecule has 2 amide bonds. The van der Waals surface area contributed by atoms with E-state index in [0.29, 0.717) is 38.0 Å². The van der Waals surface area contributed by atoms with Crippen LogP contribution in [0.5, 0.6) is 0 Å². The van der Waals surface area contributed by atoms with Crippen molar-refractivity contribution in [3.05, 3.63) is 42.2 Å². The van der Waals surface area contributed by atoms with Crippen LogP contribution in [0.2, 0.25) is 0 Å². The van der Waals surface area contributed by atoms with E-state index in [0.717, 1.165) is 18.8 Å². The summed E-state index contributed by atoms with van der Waals surface area (Å²) in [4.78, 5) is 29.6. The van der Waals surface area contributed by atoms with E-state index in [2.05, 4.69) is 20.5 Å². The van der Waals surface area contributed by atoms with E-state index < -0.39 is 6.04 Å². The Morgan fingerprint density at radius 2 is 1.89 bits per heavy atom. The first-order valence-electron chi connectivity index (χ1n) is 9.53. The van der Waals surface area contributed by atoms with Gasteiger partial charge in [-0.1, -0.05) is 5.21 Å². The monoisotopic (exact) mass is 385 g/mol. The topological polar surface area (TPSA) is 109 Å². The molecule has 28 heavy (non-hydrogen) atoms. The lowest BCUT2D eigenvalue weighted by molar-refractivity contribution is -0.135. The highest BCUT2D eigenvalue weighted by Gasteiger charge is 2.27. The molecule has 2 heterocycles. The van der Waals surface area contributed by atoms with Crippen LogP contribution < -0.4 is 11.1 Å². The predicted molar refractivity (Wildman–Crippen MR) is 105 cm³/mol. The van der Waals surface area contributed by atoms with Crippen molar-refractivity contribution in [3.8, 4) is 5.69 Å². The van der Waals surface area contributed by atoms with Gasteiger partial charge < -0.3 is 20.9 Å². The second kappa shape index (κ2) is 9.43. The van der Waals surface area contributed by atoms with Crippen LogP contribution in [0.1, 0.15) is 23.2 Å². The molecular formula is C19H27N7O2. The molecule has 1 saturated heterocycles. The van der Waals surface area contributed by atoms with Gasteiger partial charge in [0, 0.05) is 31.7 Å². The average molecular weight is 385 g/mol. The van der Waals surface area contributed by atoms with Crippen molar-refractivity contribution in [2.24, 2.45) is 5.73 Å². The molecule has 0 saturated carbocycles. The molecule has 1 aliphatic rings. The zero-order valence-corrected chi connectivity index (χ0v) is 16.1.